The number of carbonyl (C=O) groups is 2. The summed E-state index contributed by atoms with van der Waals surface area (Å²) in [5.41, 5.74) is 0.224. The smallest absolute Gasteiger partial charge is 0.256 e. The Bertz CT molecular complexity index is 623. The van der Waals surface area contributed by atoms with Gasteiger partial charge in [-0.25, -0.2) is 4.39 Å². The maximum absolute atomic E-state index is 13.5. The number of halogens is 2. The van der Waals surface area contributed by atoms with Crippen LogP contribution in [-0.2, 0) is 0 Å². The summed E-state index contributed by atoms with van der Waals surface area (Å²) in [6, 6.07) is 12.5. The summed E-state index contributed by atoms with van der Waals surface area (Å²) in [5.74, 6) is -1.69. The molecule has 0 unspecified atom stereocenters. The zero-order chi connectivity index (χ0) is 14.5. The molecule has 0 aromatic heterocycles. The first-order valence-corrected chi connectivity index (χ1v) is 6.28. The first-order chi connectivity index (χ1) is 9.59. The third-order valence-corrected chi connectivity index (χ3v) is 3.01. The minimum atomic E-state index is -0.720. The molecule has 0 saturated carbocycles. The Morgan fingerprint density at radius 2 is 1.75 bits per heavy atom. The van der Waals surface area contributed by atoms with Gasteiger partial charge in [-0.15, -0.1) is 0 Å². The second-order valence-corrected chi connectivity index (χ2v) is 4.48. The standard InChI is InChI=1S/C15H11ClFNO2/c16-11-7-4-8-12(17)14(11)15(20)18-9-13(19)10-5-2-1-3-6-10/h1-8H,9H2,(H,18,20). The van der Waals surface area contributed by atoms with E-state index in [9.17, 15) is 14.0 Å². The third kappa shape index (κ3) is 3.22. The van der Waals surface area contributed by atoms with Crippen LogP contribution in [0.4, 0.5) is 4.39 Å². The van der Waals surface area contributed by atoms with Crippen LogP contribution in [0.25, 0.3) is 0 Å². The number of hydrogen-bond acceptors (Lipinski definition) is 2. The molecule has 0 spiro atoms. The van der Waals surface area contributed by atoms with Crippen molar-refractivity contribution in [2.75, 3.05) is 6.54 Å². The van der Waals surface area contributed by atoms with E-state index in [1.807, 2.05) is 0 Å². The fourth-order valence-electron chi connectivity index (χ4n) is 1.69. The Kier molecular flexibility index (Phi) is 4.48. The summed E-state index contributed by atoms with van der Waals surface area (Å²) in [7, 11) is 0. The van der Waals surface area contributed by atoms with Gasteiger partial charge in [0.25, 0.3) is 5.91 Å². The largest absolute Gasteiger partial charge is 0.344 e. The molecule has 0 radical (unpaired) electrons. The van der Waals surface area contributed by atoms with Crippen molar-refractivity contribution in [2.45, 2.75) is 0 Å². The average molecular weight is 292 g/mol. The first-order valence-electron chi connectivity index (χ1n) is 5.90. The summed E-state index contributed by atoms with van der Waals surface area (Å²) >= 11 is 5.77. The van der Waals surface area contributed by atoms with E-state index in [-0.39, 0.29) is 22.9 Å². The molecule has 102 valence electrons. The quantitative estimate of drug-likeness (QED) is 0.880. The maximum Gasteiger partial charge on any atom is 0.256 e. The van der Waals surface area contributed by atoms with E-state index in [0.717, 1.165) is 6.07 Å². The molecule has 0 aliphatic carbocycles. The van der Waals surface area contributed by atoms with E-state index in [4.69, 9.17) is 11.6 Å². The topological polar surface area (TPSA) is 46.2 Å². The first kappa shape index (κ1) is 14.2. The lowest BCUT2D eigenvalue weighted by Gasteiger charge is -2.07. The molecule has 20 heavy (non-hydrogen) atoms. The molecule has 0 bridgehead atoms. The fourth-order valence-corrected chi connectivity index (χ4v) is 1.94. The van der Waals surface area contributed by atoms with Gasteiger partial charge in [0, 0.05) is 5.56 Å². The monoisotopic (exact) mass is 291 g/mol. The van der Waals surface area contributed by atoms with Crippen molar-refractivity contribution in [1.29, 1.82) is 0 Å². The molecule has 0 fully saturated rings. The van der Waals surface area contributed by atoms with Crippen LogP contribution in [0.15, 0.2) is 48.5 Å². The molecular formula is C15H11ClFNO2. The number of Topliss-reactive ketones (excluding diaryl/α,β-unsaturated/α-hetero) is 1. The number of ketones is 1. The summed E-state index contributed by atoms with van der Waals surface area (Å²) in [6.07, 6.45) is 0. The number of amides is 1. The van der Waals surface area contributed by atoms with Crippen molar-refractivity contribution in [3.05, 3.63) is 70.5 Å². The summed E-state index contributed by atoms with van der Waals surface area (Å²) < 4.78 is 13.5. The minimum Gasteiger partial charge on any atom is -0.344 e. The zero-order valence-corrected chi connectivity index (χ0v) is 11.2. The second kappa shape index (κ2) is 6.30. The molecule has 0 atom stereocenters. The predicted molar refractivity (Wildman–Crippen MR) is 74.5 cm³/mol. The molecule has 0 aliphatic heterocycles. The van der Waals surface area contributed by atoms with Gasteiger partial charge >= 0.3 is 0 Å². The van der Waals surface area contributed by atoms with E-state index in [1.54, 1.807) is 30.3 Å². The lowest BCUT2D eigenvalue weighted by molar-refractivity contribution is 0.0901. The van der Waals surface area contributed by atoms with Gasteiger partial charge in [-0.1, -0.05) is 48.0 Å². The Hall–Kier alpha value is -2.20. The van der Waals surface area contributed by atoms with Crippen LogP contribution >= 0.6 is 11.6 Å². The Morgan fingerprint density at radius 1 is 1.05 bits per heavy atom. The van der Waals surface area contributed by atoms with E-state index in [1.165, 1.54) is 12.1 Å². The van der Waals surface area contributed by atoms with Crippen molar-refractivity contribution >= 4 is 23.3 Å². The molecule has 2 rings (SSSR count). The van der Waals surface area contributed by atoms with Crippen molar-refractivity contribution in [2.24, 2.45) is 0 Å². The van der Waals surface area contributed by atoms with Gasteiger partial charge in [-0.2, -0.15) is 0 Å². The van der Waals surface area contributed by atoms with Gasteiger partial charge in [-0.05, 0) is 12.1 Å². The predicted octanol–water partition coefficient (Wildman–Crippen LogP) is 3.09. The number of nitrogens with one attached hydrogen (secondary N) is 1. The van der Waals surface area contributed by atoms with Crippen LogP contribution in [0.1, 0.15) is 20.7 Å². The Morgan fingerprint density at radius 3 is 2.40 bits per heavy atom. The highest BCUT2D eigenvalue weighted by atomic mass is 35.5. The van der Waals surface area contributed by atoms with Crippen LogP contribution in [0.3, 0.4) is 0 Å². The highest BCUT2D eigenvalue weighted by Crippen LogP contribution is 2.18. The number of carbonyl (C=O) groups excluding carboxylic acids is 2. The molecule has 0 aliphatic rings. The molecule has 0 saturated heterocycles. The SMILES string of the molecule is O=C(CNC(=O)c1c(F)cccc1Cl)c1ccccc1. The highest BCUT2D eigenvalue weighted by Gasteiger charge is 2.16. The number of hydrogen-bond donors (Lipinski definition) is 1. The van der Waals surface area contributed by atoms with Crippen molar-refractivity contribution in [1.82, 2.24) is 5.32 Å². The van der Waals surface area contributed by atoms with Gasteiger partial charge in [0.05, 0.1) is 17.1 Å². The van der Waals surface area contributed by atoms with Crippen molar-refractivity contribution < 1.29 is 14.0 Å². The third-order valence-electron chi connectivity index (χ3n) is 2.70. The molecular weight excluding hydrogens is 281 g/mol. The zero-order valence-electron chi connectivity index (χ0n) is 10.4. The fraction of sp³-hybridized carbons (Fsp3) is 0.0667. The molecule has 2 aromatic carbocycles. The minimum absolute atomic E-state index is 0.00894. The lowest BCUT2D eigenvalue weighted by Crippen LogP contribution is -2.30. The van der Waals surface area contributed by atoms with Gasteiger partial charge in [0.1, 0.15) is 5.82 Å². The number of rotatable bonds is 4. The van der Waals surface area contributed by atoms with Crippen molar-refractivity contribution in [3.8, 4) is 0 Å². The van der Waals surface area contributed by atoms with Crippen LogP contribution in [0.2, 0.25) is 5.02 Å². The van der Waals surface area contributed by atoms with Crippen LogP contribution < -0.4 is 5.32 Å². The molecule has 1 N–H and O–H groups in total. The molecule has 3 nitrogen and oxygen atoms in total. The van der Waals surface area contributed by atoms with Crippen LogP contribution in [-0.4, -0.2) is 18.2 Å². The van der Waals surface area contributed by atoms with Gasteiger partial charge in [0.15, 0.2) is 5.78 Å². The Labute approximate surface area is 120 Å². The van der Waals surface area contributed by atoms with Crippen molar-refractivity contribution in [3.63, 3.8) is 0 Å². The molecule has 1 amide bonds. The summed E-state index contributed by atoms with van der Waals surface area (Å²) in [4.78, 5) is 23.6. The second-order valence-electron chi connectivity index (χ2n) is 4.07. The average Bonchev–Trinajstić information content (AvgIpc) is 2.45. The van der Waals surface area contributed by atoms with E-state index in [0.29, 0.717) is 5.56 Å². The normalized spacial score (nSPS) is 10.1. The molecule has 5 heteroatoms. The van der Waals surface area contributed by atoms with Crippen LogP contribution in [0.5, 0.6) is 0 Å². The van der Waals surface area contributed by atoms with E-state index in [2.05, 4.69) is 5.32 Å². The van der Waals surface area contributed by atoms with Gasteiger partial charge in [0.2, 0.25) is 0 Å². The maximum atomic E-state index is 13.5. The van der Waals surface area contributed by atoms with E-state index >= 15 is 0 Å². The lowest BCUT2D eigenvalue weighted by atomic mass is 10.1. The van der Waals surface area contributed by atoms with E-state index < -0.39 is 11.7 Å². The highest BCUT2D eigenvalue weighted by molar-refractivity contribution is 6.33. The van der Waals surface area contributed by atoms with Gasteiger partial charge in [-0.3, -0.25) is 9.59 Å². The molecule has 0 heterocycles. The van der Waals surface area contributed by atoms with Gasteiger partial charge < -0.3 is 5.32 Å². The number of benzene rings is 2. The Balaban J connectivity index is 2.05. The summed E-state index contributed by atoms with van der Waals surface area (Å²) in [6.45, 7) is -0.215. The molecule has 2 aromatic rings. The van der Waals surface area contributed by atoms with Crippen LogP contribution in [0, 0.1) is 5.82 Å². The summed E-state index contributed by atoms with van der Waals surface area (Å²) in [5, 5.41) is 2.37.